The number of alkyl halides is 3. The summed E-state index contributed by atoms with van der Waals surface area (Å²) in [6.45, 7) is 8.43. The Bertz CT molecular complexity index is 676. The lowest BCUT2D eigenvalue weighted by Crippen LogP contribution is -2.50. The first-order valence-corrected chi connectivity index (χ1v) is 8.38. The Labute approximate surface area is 161 Å². The van der Waals surface area contributed by atoms with Crippen molar-refractivity contribution in [3.63, 3.8) is 0 Å². The standard InChI is InChI=1S/C18H25F3N2O5/c1-16(2,3)27-14(24)22-23(15(25)28-17(4,5)6)12-7-9-13(10-8-12)26-11-18(19,20)21/h7-10H,11H2,1-6H3,(H,22,24). The number of hydrazine groups is 1. The fourth-order valence-corrected chi connectivity index (χ4v) is 1.77. The van der Waals surface area contributed by atoms with Crippen LogP contribution in [0.3, 0.4) is 0 Å². The van der Waals surface area contributed by atoms with Crippen LogP contribution in [0.15, 0.2) is 24.3 Å². The van der Waals surface area contributed by atoms with Gasteiger partial charge in [-0.1, -0.05) is 0 Å². The van der Waals surface area contributed by atoms with Crippen LogP contribution >= 0.6 is 0 Å². The summed E-state index contributed by atoms with van der Waals surface area (Å²) < 4.78 is 51.7. The molecule has 28 heavy (non-hydrogen) atoms. The smallest absolute Gasteiger partial charge is 0.434 e. The molecular formula is C18H25F3N2O5. The van der Waals surface area contributed by atoms with Crippen molar-refractivity contribution in [2.45, 2.75) is 58.9 Å². The van der Waals surface area contributed by atoms with Gasteiger partial charge in [0.25, 0.3) is 0 Å². The van der Waals surface area contributed by atoms with E-state index in [0.717, 1.165) is 5.01 Å². The number of nitrogens with zero attached hydrogens (tertiary/aromatic N) is 1. The van der Waals surface area contributed by atoms with E-state index >= 15 is 0 Å². The van der Waals surface area contributed by atoms with E-state index in [4.69, 9.17) is 9.47 Å². The molecule has 0 aliphatic carbocycles. The maximum absolute atomic E-state index is 12.5. The van der Waals surface area contributed by atoms with Gasteiger partial charge in [-0.15, -0.1) is 0 Å². The summed E-state index contributed by atoms with van der Waals surface area (Å²) in [6, 6.07) is 5.06. The summed E-state index contributed by atoms with van der Waals surface area (Å²) in [4.78, 5) is 24.5. The molecule has 0 atom stereocenters. The number of amides is 2. The van der Waals surface area contributed by atoms with Gasteiger partial charge in [-0.25, -0.2) is 15.0 Å². The van der Waals surface area contributed by atoms with Crippen LogP contribution in [0.4, 0.5) is 28.4 Å². The molecule has 0 saturated carbocycles. The topological polar surface area (TPSA) is 77.1 Å². The van der Waals surface area contributed by atoms with Gasteiger partial charge in [-0.3, -0.25) is 0 Å². The zero-order valence-corrected chi connectivity index (χ0v) is 16.6. The molecule has 0 bridgehead atoms. The zero-order valence-electron chi connectivity index (χ0n) is 16.6. The van der Waals surface area contributed by atoms with Crippen molar-refractivity contribution in [3.05, 3.63) is 24.3 Å². The highest BCUT2D eigenvalue weighted by Crippen LogP contribution is 2.23. The van der Waals surface area contributed by atoms with E-state index in [9.17, 15) is 22.8 Å². The van der Waals surface area contributed by atoms with Crippen LogP contribution in [0.5, 0.6) is 5.75 Å². The van der Waals surface area contributed by atoms with E-state index in [1.165, 1.54) is 24.3 Å². The summed E-state index contributed by atoms with van der Waals surface area (Å²) in [5, 5.41) is 0.798. The molecule has 0 radical (unpaired) electrons. The van der Waals surface area contributed by atoms with Gasteiger partial charge in [0.1, 0.15) is 17.0 Å². The molecule has 158 valence electrons. The zero-order chi connectivity index (χ0) is 21.8. The van der Waals surface area contributed by atoms with Crippen LogP contribution < -0.4 is 15.2 Å². The highest BCUT2D eigenvalue weighted by atomic mass is 19.4. The Morgan fingerprint density at radius 3 is 1.86 bits per heavy atom. The lowest BCUT2D eigenvalue weighted by atomic mass is 10.2. The molecule has 0 aliphatic rings. The molecule has 7 nitrogen and oxygen atoms in total. The number of rotatable bonds is 3. The minimum atomic E-state index is -4.47. The minimum Gasteiger partial charge on any atom is -0.484 e. The maximum Gasteiger partial charge on any atom is 0.434 e. The lowest BCUT2D eigenvalue weighted by Gasteiger charge is -2.28. The Balaban J connectivity index is 3.00. The molecule has 1 aromatic rings. The summed E-state index contributed by atoms with van der Waals surface area (Å²) in [6.07, 6.45) is -6.28. The van der Waals surface area contributed by atoms with Crippen molar-refractivity contribution >= 4 is 17.9 Å². The van der Waals surface area contributed by atoms with Gasteiger partial charge in [0, 0.05) is 0 Å². The molecule has 0 unspecified atom stereocenters. The summed E-state index contributed by atoms with van der Waals surface area (Å²) in [5.74, 6) is -0.0533. The van der Waals surface area contributed by atoms with Crippen molar-refractivity contribution in [2.75, 3.05) is 11.6 Å². The van der Waals surface area contributed by atoms with Crippen molar-refractivity contribution in [2.24, 2.45) is 0 Å². The monoisotopic (exact) mass is 406 g/mol. The van der Waals surface area contributed by atoms with Crippen LogP contribution in [-0.4, -0.2) is 36.2 Å². The summed E-state index contributed by atoms with van der Waals surface area (Å²) >= 11 is 0. The average molecular weight is 406 g/mol. The largest absolute Gasteiger partial charge is 0.484 e. The Hall–Kier alpha value is -2.65. The Morgan fingerprint density at radius 2 is 1.43 bits per heavy atom. The quantitative estimate of drug-likeness (QED) is 0.729. The number of benzene rings is 1. The first-order chi connectivity index (χ1) is 12.6. The molecule has 10 heteroatoms. The predicted octanol–water partition coefficient (Wildman–Crippen LogP) is 4.81. The SMILES string of the molecule is CC(C)(C)OC(=O)NN(C(=O)OC(C)(C)C)c1ccc(OCC(F)(F)F)cc1. The Morgan fingerprint density at radius 1 is 0.929 bits per heavy atom. The van der Waals surface area contributed by atoms with Crippen LogP contribution in [0.2, 0.25) is 0 Å². The van der Waals surface area contributed by atoms with Crippen molar-refractivity contribution in [1.82, 2.24) is 5.43 Å². The number of hydrogen-bond donors (Lipinski definition) is 1. The highest BCUT2D eigenvalue weighted by Gasteiger charge is 2.29. The number of nitrogens with one attached hydrogen (secondary N) is 1. The third-order valence-electron chi connectivity index (χ3n) is 2.68. The van der Waals surface area contributed by atoms with E-state index in [1.54, 1.807) is 41.5 Å². The van der Waals surface area contributed by atoms with Gasteiger partial charge in [0.05, 0.1) is 5.69 Å². The second-order valence-electron chi connectivity index (χ2n) is 7.83. The molecule has 0 saturated heterocycles. The number of hydrogen-bond acceptors (Lipinski definition) is 5. The number of halogens is 3. The van der Waals surface area contributed by atoms with E-state index in [2.05, 4.69) is 10.2 Å². The average Bonchev–Trinajstić information content (AvgIpc) is 2.47. The minimum absolute atomic E-state index is 0.0533. The van der Waals surface area contributed by atoms with Gasteiger partial charge in [-0.2, -0.15) is 18.2 Å². The first kappa shape index (κ1) is 23.4. The molecule has 2 amide bonds. The van der Waals surface area contributed by atoms with Gasteiger partial charge >= 0.3 is 18.4 Å². The lowest BCUT2D eigenvalue weighted by molar-refractivity contribution is -0.153. The van der Waals surface area contributed by atoms with Crippen LogP contribution in [-0.2, 0) is 9.47 Å². The molecule has 0 heterocycles. The molecule has 0 aliphatic heterocycles. The van der Waals surface area contributed by atoms with Gasteiger partial charge in [-0.05, 0) is 65.8 Å². The van der Waals surface area contributed by atoms with Gasteiger partial charge in [0.15, 0.2) is 6.61 Å². The molecule has 0 fully saturated rings. The number of carbonyl (C=O) groups excluding carboxylic acids is 2. The van der Waals surface area contributed by atoms with Crippen molar-refractivity contribution < 1.29 is 37.0 Å². The predicted molar refractivity (Wildman–Crippen MR) is 96.1 cm³/mol. The number of carbonyl (C=O) groups is 2. The van der Waals surface area contributed by atoms with Crippen LogP contribution in [0.1, 0.15) is 41.5 Å². The molecule has 1 aromatic carbocycles. The van der Waals surface area contributed by atoms with E-state index in [0.29, 0.717) is 0 Å². The first-order valence-electron chi connectivity index (χ1n) is 8.38. The van der Waals surface area contributed by atoms with E-state index < -0.39 is 36.2 Å². The summed E-state index contributed by atoms with van der Waals surface area (Å²) in [7, 11) is 0. The second-order valence-corrected chi connectivity index (χ2v) is 7.83. The normalized spacial score (nSPS) is 12.2. The van der Waals surface area contributed by atoms with Crippen molar-refractivity contribution in [1.29, 1.82) is 0 Å². The number of ether oxygens (including phenoxy) is 3. The fourth-order valence-electron chi connectivity index (χ4n) is 1.77. The second kappa shape index (κ2) is 8.57. The van der Waals surface area contributed by atoms with E-state index in [1.807, 2.05) is 0 Å². The molecule has 1 rings (SSSR count). The van der Waals surface area contributed by atoms with Crippen LogP contribution in [0.25, 0.3) is 0 Å². The highest BCUT2D eigenvalue weighted by molar-refractivity contribution is 5.90. The molecule has 0 aromatic heterocycles. The number of anilines is 1. The van der Waals surface area contributed by atoms with Crippen molar-refractivity contribution in [3.8, 4) is 5.75 Å². The Kier molecular flexibility index (Phi) is 7.16. The van der Waals surface area contributed by atoms with Gasteiger partial charge < -0.3 is 14.2 Å². The summed E-state index contributed by atoms with van der Waals surface area (Å²) in [5.41, 5.74) is 0.750. The molecule has 0 spiro atoms. The molecular weight excluding hydrogens is 381 g/mol. The van der Waals surface area contributed by atoms with Gasteiger partial charge in [0.2, 0.25) is 0 Å². The third-order valence-corrected chi connectivity index (χ3v) is 2.68. The third kappa shape index (κ3) is 9.33. The van der Waals surface area contributed by atoms with Crippen LogP contribution in [0, 0.1) is 0 Å². The maximum atomic E-state index is 12.5. The molecule has 1 N–H and O–H groups in total. The van der Waals surface area contributed by atoms with E-state index in [-0.39, 0.29) is 11.4 Å². The fraction of sp³-hybridized carbons (Fsp3) is 0.556.